The number of hydrogen-bond acceptors (Lipinski definition) is 8. The summed E-state index contributed by atoms with van der Waals surface area (Å²) >= 11 is 0. The molecule has 1 heterocycles. The van der Waals surface area contributed by atoms with Gasteiger partial charge in [-0.3, -0.25) is 4.79 Å². The summed E-state index contributed by atoms with van der Waals surface area (Å²) in [7, 11) is 4.75. The lowest BCUT2D eigenvalue weighted by molar-refractivity contribution is -0.129. The van der Waals surface area contributed by atoms with Crippen LogP contribution in [0.4, 0.5) is 0 Å². The number of aliphatic imine (C=N–C) groups is 1. The van der Waals surface area contributed by atoms with Crippen LogP contribution in [-0.4, -0.2) is 57.0 Å². The number of carbonyl (C=O) groups is 1. The van der Waals surface area contributed by atoms with Crippen LogP contribution in [0.3, 0.4) is 0 Å². The summed E-state index contributed by atoms with van der Waals surface area (Å²) in [6.45, 7) is 4.61. The SMILES string of the molecule is C=CC[C@@]1(C(=O)NCc2ccc(OC)cc2OC)N=C(c2ccc(OCCCO)cc2)O[C@@H]1c1cccc(OC)c1. The second-order valence-corrected chi connectivity index (χ2v) is 9.42. The first-order valence-corrected chi connectivity index (χ1v) is 13.3. The molecule has 0 spiro atoms. The molecule has 0 unspecified atom stereocenters. The predicted molar refractivity (Wildman–Crippen MR) is 156 cm³/mol. The van der Waals surface area contributed by atoms with Gasteiger partial charge in [0.05, 0.1) is 27.9 Å². The van der Waals surface area contributed by atoms with E-state index in [1.54, 1.807) is 33.5 Å². The minimum atomic E-state index is -1.33. The molecule has 1 aliphatic heterocycles. The van der Waals surface area contributed by atoms with E-state index in [1.165, 1.54) is 0 Å². The Kier molecular flexibility index (Phi) is 9.86. The number of carbonyl (C=O) groups excluding carboxylic acids is 1. The Balaban J connectivity index is 1.68. The molecule has 0 saturated heterocycles. The second-order valence-electron chi connectivity index (χ2n) is 9.42. The first kappa shape index (κ1) is 29.5. The highest BCUT2D eigenvalue weighted by Crippen LogP contribution is 2.43. The number of nitrogens with zero attached hydrogens (tertiary/aromatic N) is 1. The summed E-state index contributed by atoms with van der Waals surface area (Å²) in [6.07, 6.45) is 1.70. The lowest BCUT2D eigenvalue weighted by Gasteiger charge is -2.30. The van der Waals surface area contributed by atoms with Crippen molar-refractivity contribution in [2.75, 3.05) is 34.5 Å². The number of methoxy groups -OCH3 is 3. The molecule has 2 atom stereocenters. The third-order valence-corrected chi connectivity index (χ3v) is 6.82. The van der Waals surface area contributed by atoms with Crippen molar-refractivity contribution in [1.82, 2.24) is 5.32 Å². The van der Waals surface area contributed by atoms with E-state index in [4.69, 9.17) is 33.8 Å². The van der Waals surface area contributed by atoms with E-state index in [9.17, 15) is 4.79 Å². The smallest absolute Gasteiger partial charge is 0.252 e. The van der Waals surface area contributed by atoms with E-state index in [0.29, 0.717) is 47.5 Å². The zero-order chi connectivity index (χ0) is 29.2. The minimum Gasteiger partial charge on any atom is -0.497 e. The van der Waals surface area contributed by atoms with Crippen LogP contribution < -0.4 is 24.3 Å². The van der Waals surface area contributed by atoms with Crippen molar-refractivity contribution in [2.45, 2.75) is 31.0 Å². The first-order chi connectivity index (χ1) is 20.0. The average molecular weight is 561 g/mol. The number of amides is 1. The van der Waals surface area contributed by atoms with Crippen molar-refractivity contribution in [3.05, 3.63) is 96.1 Å². The van der Waals surface area contributed by atoms with Gasteiger partial charge in [0, 0.05) is 43.2 Å². The largest absolute Gasteiger partial charge is 0.497 e. The van der Waals surface area contributed by atoms with Crippen molar-refractivity contribution in [2.24, 2.45) is 4.99 Å². The van der Waals surface area contributed by atoms with Gasteiger partial charge in [-0.05, 0) is 54.1 Å². The average Bonchev–Trinajstić information content (AvgIpc) is 3.41. The maximum absolute atomic E-state index is 14.1. The molecule has 0 aliphatic carbocycles. The van der Waals surface area contributed by atoms with Gasteiger partial charge in [0.15, 0.2) is 11.6 Å². The Hall–Kier alpha value is -4.50. The summed E-state index contributed by atoms with van der Waals surface area (Å²) in [4.78, 5) is 19.0. The second kappa shape index (κ2) is 13.7. The quantitative estimate of drug-likeness (QED) is 0.219. The van der Waals surface area contributed by atoms with Gasteiger partial charge in [0.1, 0.15) is 23.0 Å². The molecule has 9 heteroatoms. The van der Waals surface area contributed by atoms with Gasteiger partial charge >= 0.3 is 0 Å². The van der Waals surface area contributed by atoms with Crippen LogP contribution in [0, 0.1) is 0 Å². The molecular formula is C32H36N2O7. The lowest BCUT2D eigenvalue weighted by atomic mass is 9.84. The molecule has 4 rings (SSSR count). The van der Waals surface area contributed by atoms with Crippen molar-refractivity contribution in [1.29, 1.82) is 0 Å². The van der Waals surface area contributed by atoms with Crippen molar-refractivity contribution in [3.63, 3.8) is 0 Å². The molecular weight excluding hydrogens is 524 g/mol. The highest BCUT2D eigenvalue weighted by atomic mass is 16.5. The van der Waals surface area contributed by atoms with E-state index in [2.05, 4.69) is 11.9 Å². The third kappa shape index (κ3) is 6.63. The Labute approximate surface area is 240 Å². The Bertz CT molecular complexity index is 1370. The van der Waals surface area contributed by atoms with Crippen LogP contribution >= 0.6 is 0 Å². The fourth-order valence-corrected chi connectivity index (χ4v) is 4.67. The van der Waals surface area contributed by atoms with Gasteiger partial charge in [-0.2, -0.15) is 0 Å². The van der Waals surface area contributed by atoms with E-state index >= 15 is 0 Å². The highest BCUT2D eigenvalue weighted by Gasteiger charge is 2.52. The van der Waals surface area contributed by atoms with Crippen LogP contribution in [0.2, 0.25) is 0 Å². The third-order valence-electron chi connectivity index (χ3n) is 6.82. The first-order valence-electron chi connectivity index (χ1n) is 13.3. The van der Waals surface area contributed by atoms with Crippen molar-refractivity contribution < 1.29 is 33.6 Å². The number of hydrogen-bond donors (Lipinski definition) is 2. The summed E-state index contributed by atoms with van der Waals surface area (Å²) in [5.41, 5.74) is 0.890. The molecule has 216 valence electrons. The lowest BCUT2D eigenvalue weighted by Crippen LogP contribution is -2.47. The molecule has 0 radical (unpaired) electrons. The highest BCUT2D eigenvalue weighted by molar-refractivity contribution is 6.01. The van der Waals surface area contributed by atoms with E-state index in [0.717, 1.165) is 11.1 Å². The molecule has 1 amide bonds. The van der Waals surface area contributed by atoms with Gasteiger partial charge in [-0.15, -0.1) is 6.58 Å². The zero-order valence-corrected chi connectivity index (χ0v) is 23.6. The molecule has 0 saturated carbocycles. The summed E-state index contributed by atoms with van der Waals surface area (Å²) in [5.74, 6) is 2.57. The van der Waals surface area contributed by atoms with E-state index in [1.807, 2.05) is 60.7 Å². The molecule has 0 bridgehead atoms. The molecule has 2 N–H and O–H groups in total. The van der Waals surface area contributed by atoms with Gasteiger partial charge in [-0.1, -0.05) is 18.2 Å². The minimum absolute atomic E-state index is 0.0626. The summed E-state index contributed by atoms with van der Waals surface area (Å²) < 4.78 is 28.4. The van der Waals surface area contributed by atoms with Crippen LogP contribution in [0.1, 0.15) is 35.6 Å². The summed E-state index contributed by atoms with van der Waals surface area (Å²) in [5, 5.41) is 12.1. The maximum Gasteiger partial charge on any atom is 0.252 e. The van der Waals surface area contributed by atoms with Crippen molar-refractivity contribution in [3.8, 4) is 23.0 Å². The molecule has 3 aromatic carbocycles. The predicted octanol–water partition coefficient (Wildman–Crippen LogP) is 4.62. The Morgan fingerprint density at radius 2 is 1.76 bits per heavy atom. The number of benzene rings is 3. The van der Waals surface area contributed by atoms with Gasteiger partial charge in [0.25, 0.3) is 5.91 Å². The normalized spacial score (nSPS) is 17.7. The molecule has 1 aliphatic rings. The topological polar surface area (TPSA) is 108 Å². The molecule has 3 aromatic rings. The van der Waals surface area contributed by atoms with E-state index < -0.39 is 11.6 Å². The zero-order valence-electron chi connectivity index (χ0n) is 23.6. The van der Waals surface area contributed by atoms with E-state index in [-0.39, 0.29) is 25.5 Å². The summed E-state index contributed by atoms with van der Waals surface area (Å²) in [6, 6.07) is 20.1. The maximum atomic E-state index is 14.1. The number of nitrogens with one attached hydrogen (secondary N) is 1. The standard InChI is InChI=1S/C32H36N2O7/c1-5-16-32(31(36)33-21-24-12-15-27(38-3)20-28(24)39-4)29(23-8-6-9-26(19-23)37-2)41-30(34-32)22-10-13-25(14-11-22)40-18-7-17-35/h5-6,8-15,19-20,29,35H,1,7,16-18,21H2,2-4H3,(H,33,36)/t29-,32-/m1/s1. The number of ether oxygens (including phenoxy) is 5. The van der Waals surface area contributed by atoms with Gasteiger partial charge < -0.3 is 34.1 Å². The number of aliphatic hydroxyl groups excluding tert-OH is 1. The number of rotatable bonds is 14. The number of aliphatic hydroxyl groups is 1. The van der Waals surface area contributed by atoms with Crippen LogP contribution in [0.15, 0.2) is 84.4 Å². The van der Waals surface area contributed by atoms with Gasteiger partial charge in [0.2, 0.25) is 5.90 Å². The molecule has 41 heavy (non-hydrogen) atoms. The van der Waals surface area contributed by atoms with Crippen molar-refractivity contribution >= 4 is 11.8 Å². The van der Waals surface area contributed by atoms with Crippen LogP contribution in [0.5, 0.6) is 23.0 Å². The van der Waals surface area contributed by atoms with Crippen LogP contribution in [0.25, 0.3) is 0 Å². The fraction of sp³-hybridized carbons (Fsp3) is 0.312. The fourth-order valence-electron chi connectivity index (χ4n) is 4.67. The van der Waals surface area contributed by atoms with Crippen LogP contribution in [-0.2, 0) is 16.1 Å². The Morgan fingerprint density at radius 3 is 2.44 bits per heavy atom. The van der Waals surface area contributed by atoms with Gasteiger partial charge in [-0.25, -0.2) is 4.99 Å². The molecule has 0 aromatic heterocycles. The molecule has 0 fully saturated rings. The molecule has 9 nitrogen and oxygen atoms in total. The Morgan fingerprint density at radius 1 is 1.02 bits per heavy atom. The monoisotopic (exact) mass is 560 g/mol.